The van der Waals surface area contributed by atoms with Crippen LogP contribution in [-0.2, 0) is 4.84 Å². The number of benzene rings is 2. The number of carbonyl (C=O) groups is 1. The topological polar surface area (TPSA) is 84.8 Å². The fraction of sp³-hybridized carbons (Fsp3) is 0.300. The second kappa shape index (κ2) is 6.33. The fourth-order valence-corrected chi connectivity index (χ4v) is 3.82. The first kappa shape index (κ1) is 16.7. The highest BCUT2D eigenvalue weighted by molar-refractivity contribution is 6.19. The molecule has 8 nitrogen and oxygen atoms in total. The summed E-state index contributed by atoms with van der Waals surface area (Å²) in [5.74, 6) is 2.55. The summed E-state index contributed by atoms with van der Waals surface area (Å²) < 4.78 is 27.4. The number of hydrogen-bond acceptors (Lipinski definition) is 8. The molecule has 1 atom stereocenters. The molecule has 0 spiro atoms. The number of methoxy groups -OCH3 is 1. The molecule has 0 bridgehead atoms. The number of carbonyl (C=O) groups excluding carboxylic acids is 1. The van der Waals surface area contributed by atoms with Gasteiger partial charge in [0.15, 0.2) is 28.8 Å². The van der Waals surface area contributed by atoms with Crippen molar-refractivity contribution in [3.63, 3.8) is 0 Å². The van der Waals surface area contributed by atoms with Crippen molar-refractivity contribution in [2.45, 2.75) is 12.3 Å². The van der Waals surface area contributed by atoms with Crippen LogP contribution in [0, 0.1) is 0 Å². The largest absolute Gasteiger partial charge is 0.496 e. The van der Waals surface area contributed by atoms with Gasteiger partial charge in [-0.2, -0.15) is 0 Å². The van der Waals surface area contributed by atoms with Crippen LogP contribution in [0.5, 0.6) is 28.7 Å². The average Bonchev–Trinajstić information content (AvgIpc) is 3.35. The van der Waals surface area contributed by atoms with Crippen LogP contribution in [0.3, 0.4) is 0 Å². The van der Waals surface area contributed by atoms with E-state index in [2.05, 4.69) is 5.16 Å². The van der Waals surface area contributed by atoms with Crippen molar-refractivity contribution in [1.82, 2.24) is 0 Å². The van der Waals surface area contributed by atoms with Crippen molar-refractivity contribution in [3.05, 3.63) is 41.0 Å². The van der Waals surface area contributed by atoms with Crippen LogP contribution >= 0.6 is 0 Å². The van der Waals surface area contributed by atoms with Crippen molar-refractivity contribution in [1.29, 1.82) is 0 Å². The zero-order valence-electron chi connectivity index (χ0n) is 15.3. The van der Waals surface area contributed by atoms with Gasteiger partial charge >= 0.3 is 0 Å². The molecular formula is C20H17NO7. The first-order valence-corrected chi connectivity index (χ1v) is 8.75. The van der Waals surface area contributed by atoms with E-state index in [1.54, 1.807) is 25.3 Å². The molecule has 0 N–H and O–H groups in total. The van der Waals surface area contributed by atoms with Crippen LogP contribution < -0.4 is 23.7 Å². The molecule has 2 aromatic rings. The Bertz CT molecular complexity index is 1010. The Kier molecular flexibility index (Phi) is 3.78. The minimum Gasteiger partial charge on any atom is -0.496 e. The van der Waals surface area contributed by atoms with E-state index in [1.807, 2.05) is 6.07 Å². The van der Waals surface area contributed by atoms with E-state index in [9.17, 15) is 4.79 Å². The second-order valence-electron chi connectivity index (χ2n) is 6.54. The maximum absolute atomic E-state index is 13.0. The molecule has 2 aliphatic heterocycles. The van der Waals surface area contributed by atoms with E-state index >= 15 is 0 Å². The van der Waals surface area contributed by atoms with Gasteiger partial charge in [-0.3, -0.25) is 4.79 Å². The summed E-state index contributed by atoms with van der Waals surface area (Å²) in [4.78, 5) is 18.1. The number of oxime groups is 1. The van der Waals surface area contributed by atoms with Crippen molar-refractivity contribution in [2.24, 2.45) is 5.16 Å². The molecule has 144 valence electrons. The first-order valence-electron chi connectivity index (χ1n) is 8.75. The summed E-state index contributed by atoms with van der Waals surface area (Å²) in [5, 5.41) is 4.25. The summed E-state index contributed by atoms with van der Waals surface area (Å²) in [6.07, 6.45) is 0.213. The highest BCUT2D eigenvalue weighted by atomic mass is 16.7. The Morgan fingerprint density at radius 3 is 2.14 bits per heavy atom. The van der Waals surface area contributed by atoms with Gasteiger partial charge in [-0.25, -0.2) is 0 Å². The van der Waals surface area contributed by atoms with Crippen LogP contribution in [0.4, 0.5) is 0 Å². The molecule has 0 amide bonds. The molecule has 0 radical (unpaired) electrons. The van der Waals surface area contributed by atoms with E-state index in [0.717, 1.165) is 5.56 Å². The standard InChI is InChI=1S/C20H17NO7/c1-23-15-7-19-17(26-9-28-19)5-11(15)12-3-14(22)10-4-16-18(27-8-25-16)6-13(10)20(12)21-24-2/h4-7,12H,3,8-9H2,1-2H3. The molecule has 3 aliphatic rings. The summed E-state index contributed by atoms with van der Waals surface area (Å²) in [7, 11) is 3.05. The van der Waals surface area contributed by atoms with Gasteiger partial charge in [0.2, 0.25) is 13.6 Å². The molecule has 0 saturated carbocycles. The number of fused-ring (bicyclic) bond motifs is 3. The molecule has 5 rings (SSSR count). The Morgan fingerprint density at radius 1 is 0.893 bits per heavy atom. The van der Waals surface area contributed by atoms with Crippen molar-refractivity contribution >= 4 is 11.5 Å². The number of ketones is 1. The lowest BCUT2D eigenvalue weighted by atomic mass is 9.77. The predicted molar refractivity (Wildman–Crippen MR) is 96.9 cm³/mol. The van der Waals surface area contributed by atoms with Crippen LogP contribution in [0.1, 0.15) is 33.8 Å². The molecule has 8 heteroatoms. The fourth-order valence-electron chi connectivity index (χ4n) is 3.82. The Balaban J connectivity index is 1.67. The lowest BCUT2D eigenvalue weighted by Gasteiger charge is -2.27. The molecule has 2 heterocycles. The van der Waals surface area contributed by atoms with Crippen LogP contribution in [-0.4, -0.2) is 39.3 Å². The number of nitrogens with zero attached hydrogens (tertiary/aromatic N) is 1. The van der Waals surface area contributed by atoms with E-state index in [-0.39, 0.29) is 31.7 Å². The third-order valence-corrected chi connectivity index (χ3v) is 5.10. The number of rotatable bonds is 3. The number of ether oxygens (including phenoxy) is 5. The Morgan fingerprint density at radius 2 is 1.50 bits per heavy atom. The highest BCUT2D eigenvalue weighted by Crippen LogP contribution is 2.46. The third kappa shape index (κ3) is 2.45. The second-order valence-corrected chi connectivity index (χ2v) is 6.54. The monoisotopic (exact) mass is 383 g/mol. The number of hydrogen-bond donors (Lipinski definition) is 0. The van der Waals surface area contributed by atoms with Gasteiger partial charge in [-0.05, 0) is 18.2 Å². The van der Waals surface area contributed by atoms with Gasteiger partial charge in [0.05, 0.1) is 12.8 Å². The van der Waals surface area contributed by atoms with Crippen LogP contribution in [0.2, 0.25) is 0 Å². The molecule has 28 heavy (non-hydrogen) atoms. The van der Waals surface area contributed by atoms with Gasteiger partial charge < -0.3 is 28.5 Å². The smallest absolute Gasteiger partial charge is 0.231 e. The Hall–Kier alpha value is -3.42. The average molecular weight is 383 g/mol. The lowest BCUT2D eigenvalue weighted by Crippen LogP contribution is -2.27. The quantitative estimate of drug-likeness (QED) is 0.754. The van der Waals surface area contributed by atoms with Gasteiger partial charge in [0, 0.05) is 35.1 Å². The molecule has 0 aromatic heterocycles. The summed E-state index contributed by atoms with van der Waals surface area (Å²) in [6.45, 7) is 0.277. The molecular weight excluding hydrogens is 366 g/mol. The van der Waals surface area contributed by atoms with E-state index in [0.29, 0.717) is 45.6 Å². The predicted octanol–water partition coefficient (Wildman–Crippen LogP) is 2.87. The molecule has 0 fully saturated rings. The lowest BCUT2D eigenvalue weighted by molar-refractivity contribution is 0.0975. The zero-order chi connectivity index (χ0) is 19.3. The van der Waals surface area contributed by atoms with E-state index in [1.165, 1.54) is 7.11 Å². The zero-order valence-corrected chi connectivity index (χ0v) is 15.3. The van der Waals surface area contributed by atoms with Gasteiger partial charge in [0.1, 0.15) is 12.9 Å². The summed E-state index contributed by atoms with van der Waals surface area (Å²) in [6, 6.07) is 7.08. The Labute approximate surface area is 160 Å². The first-order chi connectivity index (χ1) is 13.7. The molecule has 2 aromatic carbocycles. The molecule has 1 aliphatic carbocycles. The highest BCUT2D eigenvalue weighted by Gasteiger charge is 2.37. The van der Waals surface area contributed by atoms with Gasteiger partial charge in [-0.1, -0.05) is 5.16 Å². The minimum atomic E-state index is -0.371. The van der Waals surface area contributed by atoms with Crippen molar-refractivity contribution < 1.29 is 33.3 Å². The van der Waals surface area contributed by atoms with E-state index < -0.39 is 0 Å². The van der Waals surface area contributed by atoms with Gasteiger partial charge in [0.25, 0.3) is 0 Å². The van der Waals surface area contributed by atoms with E-state index in [4.69, 9.17) is 28.5 Å². The normalized spacial score (nSPS) is 20.3. The summed E-state index contributed by atoms with van der Waals surface area (Å²) >= 11 is 0. The SMILES string of the molecule is CON=C1c2cc3c(cc2C(=O)CC1c1cc2c(cc1OC)OCO2)OCO3. The van der Waals surface area contributed by atoms with Crippen molar-refractivity contribution in [2.75, 3.05) is 27.8 Å². The maximum atomic E-state index is 13.0. The molecule has 1 unspecified atom stereocenters. The number of Topliss-reactive ketones (excluding diaryl/α,β-unsaturated/α-hetero) is 1. The maximum Gasteiger partial charge on any atom is 0.231 e. The van der Waals surface area contributed by atoms with Crippen molar-refractivity contribution in [3.8, 4) is 28.7 Å². The van der Waals surface area contributed by atoms with Gasteiger partial charge in [-0.15, -0.1) is 0 Å². The molecule has 0 saturated heterocycles. The van der Waals surface area contributed by atoms with Crippen LogP contribution in [0.25, 0.3) is 0 Å². The van der Waals surface area contributed by atoms with Crippen LogP contribution in [0.15, 0.2) is 29.4 Å². The minimum absolute atomic E-state index is 0.0203. The summed E-state index contributed by atoms with van der Waals surface area (Å²) in [5.41, 5.74) is 2.59. The third-order valence-electron chi connectivity index (χ3n) is 5.10.